The Kier molecular flexibility index (Phi) is 8.50. The van der Waals surface area contributed by atoms with Gasteiger partial charge < -0.3 is 0 Å². The normalized spacial score (nSPS) is 26.0. The lowest BCUT2D eigenvalue weighted by molar-refractivity contribution is 0.0378. The Morgan fingerprint density at radius 1 is 0.862 bits per heavy atom. The summed E-state index contributed by atoms with van der Waals surface area (Å²) < 4.78 is 40.6. The molecule has 3 heteroatoms. The van der Waals surface area contributed by atoms with Gasteiger partial charge in [0.25, 0.3) is 0 Å². The summed E-state index contributed by atoms with van der Waals surface area (Å²) in [5.41, 5.74) is 0.931. The summed E-state index contributed by atoms with van der Waals surface area (Å²) in [6.07, 6.45) is 20.2. The molecule has 0 heterocycles. The monoisotopic (exact) mass is 408 g/mol. The van der Waals surface area contributed by atoms with Crippen LogP contribution in [0.2, 0.25) is 0 Å². The molecule has 0 atom stereocenters. The highest BCUT2D eigenvalue weighted by Crippen LogP contribution is 2.52. The average Bonchev–Trinajstić information content (AvgIpc) is 2.75. The first-order chi connectivity index (χ1) is 14.0. The molecule has 3 rings (SSSR count). The molecule has 1 aromatic carbocycles. The topological polar surface area (TPSA) is 0 Å². The van der Waals surface area contributed by atoms with Gasteiger partial charge in [-0.2, -0.15) is 0 Å². The van der Waals surface area contributed by atoms with Gasteiger partial charge in [-0.25, -0.2) is 13.2 Å². The minimum Gasteiger partial charge on any atom is -0.204 e. The zero-order valence-electron chi connectivity index (χ0n) is 18.3. The van der Waals surface area contributed by atoms with Crippen LogP contribution >= 0.6 is 0 Å². The van der Waals surface area contributed by atoms with E-state index < -0.39 is 17.5 Å². The van der Waals surface area contributed by atoms with Gasteiger partial charge in [-0.1, -0.05) is 58.3 Å². The Bertz CT molecular complexity index is 602. The molecule has 2 aliphatic carbocycles. The third-order valence-corrected chi connectivity index (χ3v) is 7.99. The molecule has 0 radical (unpaired) electrons. The van der Waals surface area contributed by atoms with Crippen molar-refractivity contribution in [2.24, 2.45) is 17.3 Å². The molecule has 2 saturated carbocycles. The van der Waals surface area contributed by atoms with Crippen molar-refractivity contribution in [2.45, 2.75) is 110 Å². The predicted molar refractivity (Wildman–Crippen MR) is 114 cm³/mol. The van der Waals surface area contributed by atoms with Gasteiger partial charge in [-0.05, 0) is 86.3 Å². The molecule has 0 spiro atoms. The van der Waals surface area contributed by atoms with Gasteiger partial charge in [-0.15, -0.1) is 0 Å². The van der Waals surface area contributed by atoms with Crippen molar-refractivity contribution in [1.82, 2.24) is 0 Å². The van der Waals surface area contributed by atoms with Crippen LogP contribution in [0.15, 0.2) is 12.1 Å². The van der Waals surface area contributed by atoms with E-state index in [0.29, 0.717) is 17.4 Å². The van der Waals surface area contributed by atoms with Gasteiger partial charge >= 0.3 is 0 Å². The molecular formula is C26H39F3. The Labute approximate surface area is 175 Å². The maximum absolute atomic E-state index is 13.7. The summed E-state index contributed by atoms with van der Waals surface area (Å²) in [5.74, 6) is -1.83. The van der Waals surface area contributed by atoms with E-state index in [1.54, 1.807) is 0 Å². The summed E-state index contributed by atoms with van der Waals surface area (Å²) in [6, 6.07) is 2.40. The summed E-state index contributed by atoms with van der Waals surface area (Å²) in [6.45, 7) is 2.26. The van der Waals surface area contributed by atoms with Gasteiger partial charge in [-0.3, -0.25) is 0 Å². The molecule has 0 amide bonds. The molecule has 0 saturated heterocycles. The first kappa shape index (κ1) is 22.7. The number of rotatable bonds is 9. The number of benzene rings is 1. The van der Waals surface area contributed by atoms with Crippen molar-refractivity contribution in [3.8, 4) is 0 Å². The molecule has 0 unspecified atom stereocenters. The minimum atomic E-state index is -1.35. The fraction of sp³-hybridized carbons (Fsp3) is 0.769. The van der Waals surface area contributed by atoms with Gasteiger partial charge in [0.2, 0.25) is 0 Å². The van der Waals surface area contributed by atoms with Crippen LogP contribution < -0.4 is 0 Å². The molecule has 0 aromatic heterocycles. The molecular weight excluding hydrogens is 369 g/mol. The smallest absolute Gasteiger partial charge is 0.194 e. The third-order valence-electron chi connectivity index (χ3n) is 7.99. The lowest BCUT2D eigenvalue weighted by Crippen LogP contribution is -2.37. The Morgan fingerprint density at radius 3 is 2.14 bits per heavy atom. The first-order valence-corrected chi connectivity index (χ1v) is 12.2. The van der Waals surface area contributed by atoms with Crippen molar-refractivity contribution >= 4 is 0 Å². The van der Waals surface area contributed by atoms with E-state index in [4.69, 9.17) is 0 Å². The van der Waals surface area contributed by atoms with E-state index in [-0.39, 0.29) is 0 Å². The Morgan fingerprint density at radius 2 is 1.52 bits per heavy atom. The lowest BCUT2D eigenvalue weighted by Gasteiger charge is -2.48. The summed E-state index contributed by atoms with van der Waals surface area (Å²) in [4.78, 5) is 0. The largest absolute Gasteiger partial charge is 0.204 e. The van der Waals surface area contributed by atoms with E-state index in [1.807, 2.05) is 0 Å². The molecule has 0 nitrogen and oxygen atoms in total. The van der Waals surface area contributed by atoms with E-state index in [2.05, 4.69) is 6.92 Å². The van der Waals surface area contributed by atoms with E-state index >= 15 is 0 Å². The number of unbranched alkanes of at least 4 members (excludes halogenated alkanes) is 3. The van der Waals surface area contributed by atoms with Crippen molar-refractivity contribution < 1.29 is 13.2 Å². The number of halogens is 3. The molecule has 0 N–H and O–H groups in total. The summed E-state index contributed by atoms with van der Waals surface area (Å²) in [7, 11) is 0. The highest BCUT2D eigenvalue weighted by molar-refractivity contribution is 5.20. The van der Waals surface area contributed by atoms with Crippen LogP contribution in [-0.2, 0) is 6.42 Å². The SMILES string of the molecule is CCCCCC[C@H]1CC[C@](CCc2cc(F)c(F)c(F)c2)(C2CCCCC2)CC1. The van der Waals surface area contributed by atoms with Gasteiger partial charge in [0.05, 0.1) is 0 Å². The molecule has 1 aromatic rings. The second kappa shape index (κ2) is 10.9. The Hall–Kier alpha value is -0.990. The van der Waals surface area contributed by atoms with Crippen molar-refractivity contribution in [3.05, 3.63) is 35.1 Å². The van der Waals surface area contributed by atoms with Crippen LogP contribution in [0.4, 0.5) is 13.2 Å². The highest BCUT2D eigenvalue weighted by atomic mass is 19.2. The van der Waals surface area contributed by atoms with E-state index in [9.17, 15) is 13.2 Å². The van der Waals surface area contributed by atoms with Crippen molar-refractivity contribution in [1.29, 1.82) is 0 Å². The summed E-state index contributed by atoms with van der Waals surface area (Å²) in [5, 5.41) is 0. The lowest BCUT2D eigenvalue weighted by atomic mass is 9.58. The van der Waals surface area contributed by atoms with Gasteiger partial charge in [0.1, 0.15) is 0 Å². The predicted octanol–water partition coefficient (Wildman–Crippen LogP) is 8.76. The van der Waals surface area contributed by atoms with Gasteiger partial charge in [0.15, 0.2) is 17.5 Å². The first-order valence-electron chi connectivity index (χ1n) is 12.2. The van der Waals surface area contributed by atoms with Crippen LogP contribution in [0.5, 0.6) is 0 Å². The summed E-state index contributed by atoms with van der Waals surface area (Å²) >= 11 is 0. The quantitative estimate of drug-likeness (QED) is 0.283. The molecule has 0 aliphatic heterocycles. The zero-order chi connectivity index (χ0) is 20.7. The van der Waals surface area contributed by atoms with Crippen molar-refractivity contribution in [2.75, 3.05) is 0 Å². The maximum atomic E-state index is 13.7. The van der Waals surface area contributed by atoms with Crippen molar-refractivity contribution in [3.63, 3.8) is 0 Å². The maximum Gasteiger partial charge on any atom is 0.194 e. The fourth-order valence-corrected chi connectivity index (χ4v) is 6.12. The van der Waals surface area contributed by atoms with E-state index in [0.717, 1.165) is 18.3 Å². The number of aryl methyl sites for hydroxylation is 1. The second-order valence-corrected chi connectivity index (χ2v) is 9.86. The zero-order valence-corrected chi connectivity index (χ0v) is 18.3. The minimum absolute atomic E-state index is 0.321. The average molecular weight is 409 g/mol. The van der Waals surface area contributed by atoms with Crippen LogP contribution in [-0.4, -0.2) is 0 Å². The van der Waals surface area contributed by atoms with Crippen LogP contribution in [0.1, 0.15) is 109 Å². The molecule has 2 aliphatic rings. The number of hydrogen-bond donors (Lipinski definition) is 0. The van der Waals surface area contributed by atoms with Crippen LogP contribution in [0.25, 0.3) is 0 Å². The Balaban J connectivity index is 1.63. The van der Waals surface area contributed by atoms with Crippen LogP contribution in [0.3, 0.4) is 0 Å². The molecule has 2 fully saturated rings. The molecule has 0 bridgehead atoms. The molecule has 164 valence electrons. The van der Waals surface area contributed by atoms with E-state index in [1.165, 1.54) is 102 Å². The highest BCUT2D eigenvalue weighted by Gasteiger charge is 2.41. The molecule has 29 heavy (non-hydrogen) atoms. The standard InChI is InChI=1S/C26H39F3/c1-2-3-4-6-9-20-12-15-26(16-13-20,22-10-7-5-8-11-22)17-14-21-18-23(27)25(29)24(28)19-21/h18-20,22H,2-17H2,1H3/t20-,26-. The van der Waals surface area contributed by atoms with Gasteiger partial charge in [0, 0.05) is 0 Å². The third kappa shape index (κ3) is 6.01. The van der Waals surface area contributed by atoms with Crippen LogP contribution in [0, 0.1) is 34.7 Å². The number of hydrogen-bond acceptors (Lipinski definition) is 0. The fourth-order valence-electron chi connectivity index (χ4n) is 6.12. The second-order valence-electron chi connectivity index (χ2n) is 9.86.